The maximum Gasteiger partial charge on any atom is 0.248 e. The van der Waals surface area contributed by atoms with Crippen molar-refractivity contribution in [3.8, 4) is 0 Å². The van der Waals surface area contributed by atoms with E-state index < -0.39 is 0 Å². The van der Waals surface area contributed by atoms with Crippen LogP contribution in [0.2, 0.25) is 0 Å². The van der Waals surface area contributed by atoms with E-state index in [-0.39, 0.29) is 25.0 Å². The molecule has 2 amide bonds. The molecule has 5 nitrogen and oxygen atoms in total. The Balaban J connectivity index is 4.53. The van der Waals surface area contributed by atoms with E-state index in [2.05, 4.69) is 27.7 Å². The minimum absolute atomic E-state index is 0.0206. The molecule has 33 heavy (non-hydrogen) atoms. The molecule has 0 aromatic heterocycles. The fraction of sp³-hybridized carbons (Fsp3) is 0.929. The summed E-state index contributed by atoms with van der Waals surface area (Å²) in [5.74, 6) is 0.0708. The Kier molecular flexibility index (Phi) is 23.2. The largest absolute Gasteiger partial charge is 0.362 e. The van der Waals surface area contributed by atoms with Crippen molar-refractivity contribution < 1.29 is 14.3 Å². The lowest BCUT2D eigenvalue weighted by Gasteiger charge is -2.24. The van der Waals surface area contributed by atoms with Gasteiger partial charge in [-0.15, -0.1) is 0 Å². The monoisotopic (exact) mass is 468 g/mol. The molecule has 0 saturated heterocycles. The standard InChI is InChI=1S/C28H56N2O3/c1-5-9-13-17-21-29(22-18-14-10-6-2)27(31)25-33-26-28(32)30(23-19-15-11-7-3)24-20-16-12-8-4/h5-26H2,1-4H3. The molecule has 0 radical (unpaired) electrons. The topological polar surface area (TPSA) is 49.9 Å². The second kappa shape index (κ2) is 24.0. The van der Waals surface area contributed by atoms with Crippen LogP contribution in [0, 0.1) is 0 Å². The van der Waals surface area contributed by atoms with E-state index in [1.54, 1.807) is 0 Å². The molecule has 0 aliphatic rings. The lowest BCUT2D eigenvalue weighted by Crippen LogP contribution is -2.39. The van der Waals surface area contributed by atoms with Crippen LogP contribution in [0.5, 0.6) is 0 Å². The molecule has 0 unspecified atom stereocenters. The van der Waals surface area contributed by atoms with Gasteiger partial charge in [-0.3, -0.25) is 9.59 Å². The van der Waals surface area contributed by atoms with E-state index >= 15 is 0 Å². The molecule has 0 N–H and O–H groups in total. The van der Waals surface area contributed by atoms with Crippen molar-refractivity contribution in [2.75, 3.05) is 39.4 Å². The van der Waals surface area contributed by atoms with Gasteiger partial charge in [0.2, 0.25) is 11.8 Å². The molecular weight excluding hydrogens is 412 g/mol. The third kappa shape index (κ3) is 19.0. The molecule has 0 spiro atoms. The number of nitrogens with zero attached hydrogens (tertiary/aromatic N) is 2. The number of carbonyl (C=O) groups excluding carboxylic acids is 2. The van der Waals surface area contributed by atoms with E-state index in [4.69, 9.17) is 4.74 Å². The predicted octanol–water partition coefficient (Wildman–Crippen LogP) is 6.98. The lowest BCUT2D eigenvalue weighted by atomic mass is 10.1. The van der Waals surface area contributed by atoms with Gasteiger partial charge >= 0.3 is 0 Å². The number of hydrogen-bond donors (Lipinski definition) is 0. The maximum absolute atomic E-state index is 12.8. The Morgan fingerprint density at radius 1 is 0.455 bits per heavy atom. The molecule has 0 heterocycles. The SMILES string of the molecule is CCCCCCN(CCCCCC)C(=O)COCC(=O)N(CCCCCC)CCCCCC. The van der Waals surface area contributed by atoms with Gasteiger partial charge in [0.05, 0.1) is 0 Å². The number of amides is 2. The van der Waals surface area contributed by atoms with Crippen LogP contribution in [0.1, 0.15) is 130 Å². The van der Waals surface area contributed by atoms with E-state index in [0.717, 1.165) is 51.9 Å². The van der Waals surface area contributed by atoms with Gasteiger partial charge in [-0.2, -0.15) is 0 Å². The van der Waals surface area contributed by atoms with E-state index in [1.165, 1.54) is 77.0 Å². The quantitative estimate of drug-likeness (QED) is 0.144. The Bertz CT molecular complexity index is 392. The Labute approximate surface area is 206 Å². The van der Waals surface area contributed by atoms with Crippen LogP contribution in [0.4, 0.5) is 0 Å². The zero-order chi connectivity index (χ0) is 24.6. The normalized spacial score (nSPS) is 11.0. The fourth-order valence-electron chi connectivity index (χ4n) is 4.05. The first-order valence-corrected chi connectivity index (χ1v) is 14.2. The van der Waals surface area contributed by atoms with E-state index in [1.807, 2.05) is 9.80 Å². The van der Waals surface area contributed by atoms with E-state index in [9.17, 15) is 9.59 Å². The Morgan fingerprint density at radius 2 is 0.727 bits per heavy atom. The summed E-state index contributed by atoms with van der Waals surface area (Å²) in [7, 11) is 0. The summed E-state index contributed by atoms with van der Waals surface area (Å²) in [5, 5.41) is 0. The zero-order valence-electron chi connectivity index (χ0n) is 22.7. The van der Waals surface area contributed by atoms with Crippen molar-refractivity contribution in [1.82, 2.24) is 9.80 Å². The second-order valence-corrected chi connectivity index (χ2v) is 9.50. The summed E-state index contributed by atoms with van der Waals surface area (Å²) in [6.07, 6.45) is 18.5. The lowest BCUT2D eigenvalue weighted by molar-refractivity contribution is -0.142. The minimum atomic E-state index is 0.0206. The van der Waals surface area contributed by atoms with Gasteiger partial charge in [-0.25, -0.2) is 0 Å². The molecule has 196 valence electrons. The second-order valence-electron chi connectivity index (χ2n) is 9.50. The highest BCUT2D eigenvalue weighted by Gasteiger charge is 2.17. The van der Waals surface area contributed by atoms with Crippen LogP contribution in [-0.4, -0.2) is 61.0 Å². The molecule has 0 aromatic rings. The summed E-state index contributed by atoms with van der Waals surface area (Å²) in [4.78, 5) is 29.5. The van der Waals surface area contributed by atoms with Crippen LogP contribution in [0.15, 0.2) is 0 Å². The molecule has 0 fully saturated rings. The molecule has 0 aromatic carbocycles. The van der Waals surface area contributed by atoms with Crippen LogP contribution >= 0.6 is 0 Å². The van der Waals surface area contributed by atoms with Crippen LogP contribution in [-0.2, 0) is 14.3 Å². The Morgan fingerprint density at radius 3 is 0.970 bits per heavy atom. The predicted molar refractivity (Wildman–Crippen MR) is 141 cm³/mol. The Hall–Kier alpha value is -1.10. The highest BCUT2D eigenvalue weighted by Crippen LogP contribution is 2.08. The molecule has 0 aliphatic carbocycles. The number of hydrogen-bond acceptors (Lipinski definition) is 3. The van der Waals surface area contributed by atoms with E-state index in [0.29, 0.717) is 0 Å². The molecule has 0 saturated carbocycles. The average molecular weight is 469 g/mol. The van der Waals surface area contributed by atoms with Gasteiger partial charge in [0.25, 0.3) is 0 Å². The third-order valence-electron chi connectivity index (χ3n) is 6.28. The van der Waals surface area contributed by atoms with Crippen molar-refractivity contribution in [3.05, 3.63) is 0 Å². The summed E-state index contributed by atoms with van der Waals surface area (Å²) < 4.78 is 5.65. The fourth-order valence-corrected chi connectivity index (χ4v) is 4.05. The van der Waals surface area contributed by atoms with Gasteiger partial charge in [0.1, 0.15) is 13.2 Å². The minimum Gasteiger partial charge on any atom is -0.362 e. The van der Waals surface area contributed by atoms with Crippen LogP contribution < -0.4 is 0 Å². The van der Waals surface area contributed by atoms with Crippen molar-refractivity contribution in [2.24, 2.45) is 0 Å². The number of carbonyl (C=O) groups is 2. The van der Waals surface area contributed by atoms with Crippen molar-refractivity contribution in [2.45, 2.75) is 130 Å². The first kappa shape index (κ1) is 31.9. The average Bonchev–Trinajstić information content (AvgIpc) is 2.81. The summed E-state index contributed by atoms with van der Waals surface area (Å²) >= 11 is 0. The number of rotatable bonds is 24. The third-order valence-corrected chi connectivity index (χ3v) is 6.28. The van der Waals surface area contributed by atoms with Crippen molar-refractivity contribution >= 4 is 11.8 Å². The highest BCUT2D eigenvalue weighted by atomic mass is 16.5. The molecule has 0 aliphatic heterocycles. The first-order valence-electron chi connectivity index (χ1n) is 14.2. The maximum atomic E-state index is 12.8. The van der Waals surface area contributed by atoms with Gasteiger partial charge in [-0.1, -0.05) is 105 Å². The van der Waals surface area contributed by atoms with Gasteiger partial charge in [-0.05, 0) is 25.7 Å². The van der Waals surface area contributed by atoms with Crippen LogP contribution in [0.3, 0.4) is 0 Å². The molecule has 0 bridgehead atoms. The summed E-state index contributed by atoms with van der Waals surface area (Å²) in [5.41, 5.74) is 0. The number of unbranched alkanes of at least 4 members (excludes halogenated alkanes) is 12. The molecule has 5 heteroatoms. The number of ether oxygens (including phenoxy) is 1. The smallest absolute Gasteiger partial charge is 0.248 e. The summed E-state index contributed by atoms with van der Waals surface area (Å²) in [6.45, 7) is 12.1. The molecular formula is C28H56N2O3. The molecule has 0 atom stereocenters. The van der Waals surface area contributed by atoms with Gasteiger partial charge < -0.3 is 14.5 Å². The van der Waals surface area contributed by atoms with Crippen molar-refractivity contribution in [3.63, 3.8) is 0 Å². The van der Waals surface area contributed by atoms with Gasteiger partial charge in [0, 0.05) is 26.2 Å². The van der Waals surface area contributed by atoms with Crippen LogP contribution in [0.25, 0.3) is 0 Å². The van der Waals surface area contributed by atoms with Crippen molar-refractivity contribution in [1.29, 1.82) is 0 Å². The van der Waals surface area contributed by atoms with Gasteiger partial charge in [0.15, 0.2) is 0 Å². The molecule has 0 rings (SSSR count). The summed E-state index contributed by atoms with van der Waals surface area (Å²) in [6, 6.07) is 0. The first-order chi connectivity index (χ1) is 16.1. The zero-order valence-corrected chi connectivity index (χ0v) is 22.7. The highest BCUT2D eigenvalue weighted by molar-refractivity contribution is 5.79.